The number of carbonyl (C=O) groups is 1. The molecule has 1 aromatic rings. The predicted octanol–water partition coefficient (Wildman–Crippen LogP) is 2.61. The van der Waals surface area contributed by atoms with Crippen molar-refractivity contribution in [2.45, 2.75) is 26.2 Å². The van der Waals surface area contributed by atoms with Crippen LogP contribution in [0.3, 0.4) is 0 Å². The number of hydrogen-bond acceptors (Lipinski definition) is 2. The van der Waals surface area contributed by atoms with Gasteiger partial charge in [-0.15, -0.1) is 0 Å². The lowest BCUT2D eigenvalue weighted by Gasteiger charge is -2.06. The van der Waals surface area contributed by atoms with Crippen molar-refractivity contribution in [1.82, 2.24) is 0 Å². The fourth-order valence-electron chi connectivity index (χ4n) is 1.53. The molecule has 0 bridgehead atoms. The lowest BCUT2D eigenvalue weighted by atomic mass is 10.1. The number of hydrogen-bond donors (Lipinski definition) is 0. The minimum atomic E-state index is 0.189. The zero-order valence-corrected chi connectivity index (χ0v) is 9.03. The first-order chi connectivity index (χ1) is 7.24. The van der Waals surface area contributed by atoms with E-state index in [0.717, 1.165) is 23.8 Å². The van der Waals surface area contributed by atoms with E-state index >= 15 is 0 Å². The summed E-state index contributed by atoms with van der Waals surface area (Å²) in [6, 6.07) is 7.82. The second-order valence-corrected chi connectivity index (χ2v) is 4.28. The van der Waals surface area contributed by atoms with Crippen LogP contribution in [0.2, 0.25) is 0 Å². The van der Waals surface area contributed by atoms with Crippen LogP contribution in [0.5, 0.6) is 5.75 Å². The summed E-state index contributed by atoms with van der Waals surface area (Å²) < 4.78 is 5.64. The molecule has 15 heavy (non-hydrogen) atoms. The Morgan fingerprint density at radius 1 is 1.47 bits per heavy atom. The van der Waals surface area contributed by atoms with Crippen molar-refractivity contribution >= 4 is 5.78 Å². The van der Waals surface area contributed by atoms with Crippen LogP contribution in [-0.2, 0) is 11.2 Å². The molecule has 1 aliphatic carbocycles. The Hall–Kier alpha value is -1.31. The van der Waals surface area contributed by atoms with Gasteiger partial charge in [-0.1, -0.05) is 12.1 Å². The molecular formula is C13H16O2. The van der Waals surface area contributed by atoms with Crippen LogP contribution in [0, 0.1) is 5.92 Å². The van der Waals surface area contributed by atoms with Crippen molar-refractivity contribution in [2.24, 2.45) is 5.92 Å². The van der Waals surface area contributed by atoms with Gasteiger partial charge in [0, 0.05) is 6.42 Å². The molecule has 1 fully saturated rings. The van der Waals surface area contributed by atoms with Gasteiger partial charge in [-0.3, -0.25) is 4.79 Å². The molecule has 0 atom stereocenters. The number of ketones is 1. The molecule has 0 radical (unpaired) electrons. The summed E-state index contributed by atoms with van der Waals surface area (Å²) in [6.07, 6.45) is 3.10. The van der Waals surface area contributed by atoms with Crippen LogP contribution in [0.15, 0.2) is 24.3 Å². The van der Waals surface area contributed by atoms with Gasteiger partial charge in [-0.25, -0.2) is 0 Å². The van der Waals surface area contributed by atoms with Crippen LogP contribution in [0.4, 0.5) is 0 Å². The van der Waals surface area contributed by atoms with Crippen LogP contribution < -0.4 is 4.74 Å². The molecular weight excluding hydrogens is 188 g/mol. The van der Waals surface area contributed by atoms with Gasteiger partial charge in [0.25, 0.3) is 0 Å². The minimum Gasteiger partial charge on any atom is -0.493 e. The highest BCUT2D eigenvalue weighted by Crippen LogP contribution is 2.29. The molecule has 1 aliphatic rings. The first kappa shape index (κ1) is 10.2. The largest absolute Gasteiger partial charge is 0.493 e. The molecule has 0 aliphatic heterocycles. The number of carbonyl (C=O) groups excluding carboxylic acids is 1. The predicted molar refractivity (Wildman–Crippen MR) is 59.0 cm³/mol. The third kappa shape index (κ3) is 3.39. The number of rotatable bonds is 5. The summed E-state index contributed by atoms with van der Waals surface area (Å²) in [7, 11) is 0. The molecule has 0 heterocycles. The van der Waals surface area contributed by atoms with Crippen molar-refractivity contribution in [3.05, 3.63) is 29.8 Å². The van der Waals surface area contributed by atoms with E-state index in [1.807, 2.05) is 24.3 Å². The highest BCUT2D eigenvalue weighted by Gasteiger charge is 2.21. The Labute approximate surface area is 90.3 Å². The van der Waals surface area contributed by atoms with Gasteiger partial charge in [-0.2, -0.15) is 0 Å². The molecule has 2 nitrogen and oxygen atoms in total. The summed E-state index contributed by atoms with van der Waals surface area (Å²) in [5.41, 5.74) is 1.04. The minimum absolute atomic E-state index is 0.189. The van der Waals surface area contributed by atoms with Gasteiger partial charge in [0.1, 0.15) is 11.5 Å². The fourth-order valence-corrected chi connectivity index (χ4v) is 1.53. The summed E-state index contributed by atoms with van der Waals surface area (Å²) in [4.78, 5) is 11.0. The van der Waals surface area contributed by atoms with Crippen molar-refractivity contribution in [1.29, 1.82) is 0 Å². The van der Waals surface area contributed by atoms with Crippen molar-refractivity contribution in [2.75, 3.05) is 6.61 Å². The van der Waals surface area contributed by atoms with E-state index in [2.05, 4.69) is 0 Å². The number of benzene rings is 1. The fraction of sp³-hybridized carbons (Fsp3) is 0.462. The molecule has 0 aromatic heterocycles. The molecule has 2 heteroatoms. The van der Waals surface area contributed by atoms with Crippen LogP contribution in [0.1, 0.15) is 25.3 Å². The Balaban J connectivity index is 1.94. The molecule has 80 valence electrons. The first-order valence-corrected chi connectivity index (χ1v) is 5.45. The first-order valence-electron chi connectivity index (χ1n) is 5.45. The maximum absolute atomic E-state index is 11.0. The Kier molecular flexibility index (Phi) is 3.05. The van der Waals surface area contributed by atoms with E-state index in [4.69, 9.17) is 4.74 Å². The SMILES string of the molecule is CC(=O)Cc1cccc(OCC2CC2)c1. The number of ether oxygens (including phenoxy) is 1. The highest BCUT2D eigenvalue weighted by atomic mass is 16.5. The average Bonchev–Trinajstić information content (AvgIpc) is 2.97. The maximum atomic E-state index is 11.0. The quantitative estimate of drug-likeness (QED) is 0.737. The smallest absolute Gasteiger partial charge is 0.134 e. The van der Waals surface area contributed by atoms with Gasteiger partial charge >= 0.3 is 0 Å². The number of Topliss-reactive ketones (excluding diaryl/α,β-unsaturated/α-hetero) is 1. The topological polar surface area (TPSA) is 26.3 Å². The Morgan fingerprint density at radius 3 is 2.93 bits per heavy atom. The normalized spacial score (nSPS) is 15.0. The van der Waals surface area contributed by atoms with Crippen LogP contribution in [-0.4, -0.2) is 12.4 Å². The third-order valence-corrected chi connectivity index (χ3v) is 2.53. The maximum Gasteiger partial charge on any atom is 0.134 e. The highest BCUT2D eigenvalue weighted by molar-refractivity contribution is 5.78. The lowest BCUT2D eigenvalue weighted by molar-refractivity contribution is -0.116. The summed E-state index contributed by atoms with van der Waals surface area (Å²) >= 11 is 0. The summed E-state index contributed by atoms with van der Waals surface area (Å²) in [6.45, 7) is 2.43. The van der Waals surface area contributed by atoms with Gasteiger partial charge in [0.2, 0.25) is 0 Å². The van der Waals surface area contributed by atoms with Crippen LogP contribution in [0.25, 0.3) is 0 Å². The van der Waals surface area contributed by atoms with E-state index < -0.39 is 0 Å². The van der Waals surface area contributed by atoms with E-state index in [-0.39, 0.29) is 5.78 Å². The van der Waals surface area contributed by atoms with E-state index in [1.165, 1.54) is 12.8 Å². The zero-order valence-electron chi connectivity index (χ0n) is 9.03. The zero-order chi connectivity index (χ0) is 10.7. The van der Waals surface area contributed by atoms with Gasteiger partial charge in [0.15, 0.2) is 0 Å². The van der Waals surface area contributed by atoms with E-state index in [1.54, 1.807) is 6.92 Å². The summed E-state index contributed by atoms with van der Waals surface area (Å²) in [5.74, 6) is 1.84. The average molecular weight is 204 g/mol. The molecule has 0 unspecified atom stereocenters. The third-order valence-electron chi connectivity index (χ3n) is 2.53. The van der Waals surface area contributed by atoms with Gasteiger partial charge in [-0.05, 0) is 43.4 Å². The van der Waals surface area contributed by atoms with E-state index in [0.29, 0.717) is 6.42 Å². The molecule has 0 spiro atoms. The summed E-state index contributed by atoms with van der Waals surface area (Å²) in [5, 5.41) is 0. The Morgan fingerprint density at radius 2 is 2.27 bits per heavy atom. The van der Waals surface area contributed by atoms with Crippen LogP contribution >= 0.6 is 0 Å². The molecule has 0 amide bonds. The van der Waals surface area contributed by atoms with Gasteiger partial charge < -0.3 is 4.74 Å². The van der Waals surface area contributed by atoms with E-state index in [9.17, 15) is 4.79 Å². The second kappa shape index (κ2) is 4.47. The molecule has 1 aromatic carbocycles. The monoisotopic (exact) mass is 204 g/mol. The standard InChI is InChI=1S/C13H16O2/c1-10(14)7-12-3-2-4-13(8-12)15-9-11-5-6-11/h2-4,8,11H,5-7,9H2,1H3. The lowest BCUT2D eigenvalue weighted by Crippen LogP contribution is -2.00. The second-order valence-electron chi connectivity index (χ2n) is 4.28. The molecule has 1 saturated carbocycles. The molecule has 0 saturated heterocycles. The molecule has 2 rings (SSSR count). The van der Waals surface area contributed by atoms with Crippen molar-refractivity contribution in [3.8, 4) is 5.75 Å². The van der Waals surface area contributed by atoms with Crippen molar-refractivity contribution in [3.63, 3.8) is 0 Å². The van der Waals surface area contributed by atoms with Gasteiger partial charge in [0.05, 0.1) is 6.61 Å². The molecule has 0 N–H and O–H groups in total. The van der Waals surface area contributed by atoms with Crippen molar-refractivity contribution < 1.29 is 9.53 Å². The Bertz CT molecular complexity index is 353.